The lowest BCUT2D eigenvalue weighted by molar-refractivity contribution is 0.0159. The van der Waals surface area contributed by atoms with E-state index in [1.165, 1.54) is 21.7 Å². The highest BCUT2D eigenvalue weighted by Gasteiger charge is 2.64. The maximum Gasteiger partial charge on any atom is 0.0701 e. The Hall–Kier alpha value is -5.52. The van der Waals surface area contributed by atoms with Crippen molar-refractivity contribution in [1.29, 1.82) is 0 Å². The molecule has 0 N–H and O–H groups in total. The van der Waals surface area contributed by atoms with Gasteiger partial charge >= 0.3 is 0 Å². The Labute approximate surface area is 325 Å². The number of rotatable bonds is 9. The maximum atomic E-state index is 6.81. The van der Waals surface area contributed by atoms with Gasteiger partial charge in [-0.05, 0) is 189 Å². The molecule has 57 heavy (non-hydrogen) atoms. The Morgan fingerprint density at radius 2 is 1.16 bits per heavy atom. The summed E-state index contributed by atoms with van der Waals surface area (Å²) in [7, 11) is 1.73. The van der Waals surface area contributed by atoms with Crippen LogP contribution < -0.4 is 10.1 Å². The normalized spacial score (nSPS) is 23.5. The van der Waals surface area contributed by atoms with E-state index in [2.05, 4.69) is 71.6 Å². The lowest BCUT2D eigenvalue weighted by Crippen LogP contribution is -2.46. The molecular weight excluding hydrogens is 699 g/mol. The SMILES string of the molecule is COCCOCCOCC1N(c2ccccc2)CC2c3cc4c5c6c(cc7c8c6c6c9c%10c(c3c59)C3c5c(cc9cc%11cc(c%12c%11c%11c9c5c%10c%11c6c%128)C7)=CC231)C4. The fourth-order valence-corrected chi connectivity index (χ4v) is 15.8. The standard InChI is InChI=1S/C53H33NO3/c1-55-7-8-56-9-10-57-20-31-53-18-27-16-25-14-22-11-21-12-24-13-23-15-26-17-29(30(53)19-54(31)28-5-3-2-4-6-28)39-44-35(26)34(23)41-36(24)40-32(21)33(22)42-37(25)43-38(27)52(53)51(39)50-48(43)46(42)45(40)47(41)49(44)50/h2-6,11,13-14,16-18,30-31,52H,7-10,12,15,19-20H2,1H3. The van der Waals surface area contributed by atoms with Crippen molar-refractivity contribution in [3.8, 4) is 0 Å². The van der Waals surface area contributed by atoms with Gasteiger partial charge < -0.3 is 19.1 Å². The first-order chi connectivity index (χ1) is 28.3. The lowest BCUT2D eigenvalue weighted by atomic mass is 9.56. The first-order valence-electron chi connectivity index (χ1n) is 21.2. The molecule has 0 saturated carbocycles. The highest BCUT2D eigenvalue weighted by atomic mass is 16.5. The molecular formula is C53H33NO3. The van der Waals surface area contributed by atoms with Crippen molar-refractivity contribution in [2.24, 2.45) is 5.41 Å². The molecule has 1 heterocycles. The molecule has 0 bridgehead atoms. The number of para-hydroxylation sites is 1. The third-order valence-corrected chi connectivity index (χ3v) is 17.1. The zero-order valence-corrected chi connectivity index (χ0v) is 31.4. The number of hydrogen-bond acceptors (Lipinski definition) is 4. The first kappa shape index (κ1) is 28.0. The summed E-state index contributed by atoms with van der Waals surface area (Å²) in [6.07, 6.45) is 4.92. The fraction of sp³-hybridized carbons (Fsp3) is 0.245. The zero-order chi connectivity index (χ0) is 36.1. The molecule has 4 atom stereocenters. The Bertz CT molecular complexity index is 3940. The molecule has 18 rings (SSSR count). The summed E-state index contributed by atoms with van der Waals surface area (Å²) in [5.74, 6) is 0.621. The minimum Gasteiger partial charge on any atom is -0.382 e. The number of benzene rings is 8. The van der Waals surface area contributed by atoms with Crippen LogP contribution in [-0.4, -0.2) is 52.7 Å². The van der Waals surface area contributed by atoms with Gasteiger partial charge in [0.2, 0.25) is 0 Å². The summed E-state index contributed by atoms with van der Waals surface area (Å²) >= 11 is 0. The van der Waals surface area contributed by atoms with Crippen LogP contribution in [0.5, 0.6) is 0 Å². The number of fused-ring (bicyclic) bond motifs is 1. The highest BCUT2D eigenvalue weighted by Crippen LogP contribution is 2.74. The van der Waals surface area contributed by atoms with Gasteiger partial charge in [-0.25, -0.2) is 0 Å². The number of ether oxygens (including phenoxy) is 3. The summed E-state index contributed by atoms with van der Waals surface area (Å²) in [5.41, 5.74) is 12.3. The first-order valence-corrected chi connectivity index (χ1v) is 21.2. The van der Waals surface area contributed by atoms with E-state index in [-0.39, 0.29) is 17.4 Å². The van der Waals surface area contributed by atoms with Crippen LogP contribution in [0.2, 0.25) is 0 Å². The molecule has 12 aromatic rings. The van der Waals surface area contributed by atoms with Crippen LogP contribution >= 0.6 is 0 Å². The average molecular weight is 732 g/mol. The fourth-order valence-electron chi connectivity index (χ4n) is 15.8. The summed E-state index contributed by atoms with van der Waals surface area (Å²) in [6.45, 7) is 4.00. The number of methoxy groups -OCH3 is 1. The van der Waals surface area contributed by atoms with E-state index in [1.54, 1.807) is 143 Å². The molecule has 5 aliphatic carbocycles. The number of hydrogen-bond donors (Lipinski definition) is 0. The second kappa shape index (κ2) is 8.37. The van der Waals surface area contributed by atoms with Gasteiger partial charge in [-0.1, -0.05) is 42.5 Å². The van der Waals surface area contributed by atoms with E-state index >= 15 is 0 Å². The molecule has 268 valence electrons. The molecule has 0 amide bonds. The van der Waals surface area contributed by atoms with Crippen LogP contribution in [-0.2, 0) is 27.1 Å². The second-order valence-corrected chi connectivity index (χ2v) is 18.9. The average Bonchev–Trinajstić information content (AvgIpc) is 4.08. The largest absolute Gasteiger partial charge is 0.382 e. The third-order valence-electron chi connectivity index (χ3n) is 17.1. The van der Waals surface area contributed by atoms with Crippen molar-refractivity contribution >= 4 is 119 Å². The lowest BCUT2D eigenvalue weighted by Gasteiger charge is -2.46. The van der Waals surface area contributed by atoms with Crippen molar-refractivity contribution < 1.29 is 14.2 Å². The van der Waals surface area contributed by atoms with Gasteiger partial charge in [0.05, 0.1) is 39.1 Å². The van der Waals surface area contributed by atoms with Crippen molar-refractivity contribution in [3.05, 3.63) is 105 Å². The molecule has 1 fully saturated rings. The molecule has 6 aliphatic rings. The van der Waals surface area contributed by atoms with Crippen LogP contribution in [0.4, 0.5) is 5.69 Å². The van der Waals surface area contributed by atoms with E-state index in [0.29, 0.717) is 39.0 Å². The van der Waals surface area contributed by atoms with Gasteiger partial charge in [0, 0.05) is 36.6 Å². The van der Waals surface area contributed by atoms with Crippen LogP contribution in [0.25, 0.3) is 114 Å². The maximum absolute atomic E-state index is 6.81. The Balaban J connectivity index is 1.05. The Kier molecular flexibility index (Phi) is 4.11. The predicted molar refractivity (Wildman–Crippen MR) is 232 cm³/mol. The quantitative estimate of drug-likeness (QED) is 0.109. The number of anilines is 1. The van der Waals surface area contributed by atoms with Gasteiger partial charge in [-0.2, -0.15) is 0 Å². The molecule has 1 aliphatic heterocycles. The van der Waals surface area contributed by atoms with Crippen molar-refractivity contribution in [1.82, 2.24) is 0 Å². The number of nitrogens with zero attached hydrogens (tertiary/aromatic N) is 1. The van der Waals surface area contributed by atoms with E-state index in [1.807, 2.05) is 0 Å². The second-order valence-electron chi connectivity index (χ2n) is 18.9. The molecule has 4 nitrogen and oxygen atoms in total. The van der Waals surface area contributed by atoms with E-state index in [0.717, 1.165) is 19.4 Å². The van der Waals surface area contributed by atoms with E-state index in [9.17, 15) is 0 Å². The van der Waals surface area contributed by atoms with Crippen molar-refractivity contribution in [2.75, 3.05) is 51.6 Å². The van der Waals surface area contributed by atoms with Crippen LogP contribution in [0.3, 0.4) is 0 Å². The Morgan fingerprint density at radius 1 is 0.561 bits per heavy atom. The highest BCUT2D eigenvalue weighted by molar-refractivity contribution is 6.62. The van der Waals surface area contributed by atoms with Crippen molar-refractivity contribution in [3.63, 3.8) is 0 Å². The molecule has 0 aromatic heterocycles. The molecule has 1 spiro atoms. The van der Waals surface area contributed by atoms with Gasteiger partial charge in [0.25, 0.3) is 0 Å². The monoisotopic (exact) mass is 731 g/mol. The molecule has 1 saturated heterocycles. The predicted octanol–water partition coefficient (Wildman–Crippen LogP) is 10.3. The summed E-state index contributed by atoms with van der Waals surface area (Å²) < 4.78 is 18.0. The molecule has 0 radical (unpaired) electrons. The van der Waals surface area contributed by atoms with Crippen molar-refractivity contribution in [2.45, 2.75) is 30.7 Å². The van der Waals surface area contributed by atoms with Gasteiger partial charge in [-0.3, -0.25) is 0 Å². The minimum absolute atomic E-state index is 0.159. The van der Waals surface area contributed by atoms with Gasteiger partial charge in [0.1, 0.15) is 0 Å². The molecule has 12 aromatic carbocycles. The van der Waals surface area contributed by atoms with Gasteiger partial charge in [0.15, 0.2) is 0 Å². The summed E-state index contributed by atoms with van der Waals surface area (Å²) in [5, 5.41) is 33.1. The minimum atomic E-state index is -0.159. The van der Waals surface area contributed by atoms with E-state index < -0.39 is 0 Å². The van der Waals surface area contributed by atoms with Crippen LogP contribution in [0, 0.1) is 5.41 Å². The van der Waals surface area contributed by atoms with Crippen LogP contribution in [0.1, 0.15) is 50.8 Å². The van der Waals surface area contributed by atoms with Crippen LogP contribution in [0.15, 0.2) is 60.7 Å². The molecule has 4 heteroatoms. The summed E-state index contributed by atoms with van der Waals surface area (Å²) in [4.78, 5) is 2.76. The zero-order valence-electron chi connectivity index (χ0n) is 31.4. The topological polar surface area (TPSA) is 30.9 Å². The Morgan fingerprint density at radius 3 is 1.98 bits per heavy atom. The third kappa shape index (κ3) is 2.49. The van der Waals surface area contributed by atoms with E-state index in [4.69, 9.17) is 14.2 Å². The smallest absolute Gasteiger partial charge is 0.0701 e. The summed E-state index contributed by atoms with van der Waals surface area (Å²) in [6, 6.07) is 24.6. The van der Waals surface area contributed by atoms with Gasteiger partial charge in [-0.15, -0.1) is 0 Å². The molecule has 4 unspecified atom stereocenters.